The molecule has 1 aromatic carbocycles. The van der Waals surface area contributed by atoms with Crippen LogP contribution < -0.4 is 10.5 Å². The van der Waals surface area contributed by atoms with E-state index in [-0.39, 0.29) is 0 Å². The number of ether oxygens (including phenoxy) is 2. The molecule has 4 aromatic rings. The maximum Gasteiger partial charge on any atom is 0.233 e. The average molecular weight is 483 g/mol. The van der Waals surface area contributed by atoms with Gasteiger partial charge in [-0.25, -0.2) is 0 Å². The van der Waals surface area contributed by atoms with E-state index in [1.54, 1.807) is 10.7 Å². The largest absolute Gasteiger partial charge is 0.475 e. The van der Waals surface area contributed by atoms with Crippen molar-refractivity contribution in [1.82, 2.24) is 24.5 Å². The van der Waals surface area contributed by atoms with E-state index in [0.29, 0.717) is 28.4 Å². The number of nitrogen functional groups attached to an aromatic ring is 1. The van der Waals surface area contributed by atoms with E-state index in [1.807, 2.05) is 12.3 Å². The number of fused-ring (bicyclic) bond motifs is 2. The van der Waals surface area contributed by atoms with Crippen LogP contribution in [0.2, 0.25) is 0 Å². The number of pyridine rings is 1. The van der Waals surface area contributed by atoms with Crippen molar-refractivity contribution >= 4 is 38.3 Å². The summed E-state index contributed by atoms with van der Waals surface area (Å²) in [5, 5.41) is 5.51. The zero-order valence-corrected chi connectivity index (χ0v) is 18.8. The number of nitrogens with two attached hydrogens (primary N) is 1. The maximum atomic E-state index is 6.33. The summed E-state index contributed by atoms with van der Waals surface area (Å²) in [5.41, 5.74) is 10.9. The van der Waals surface area contributed by atoms with Crippen molar-refractivity contribution in [2.75, 3.05) is 45.2 Å². The Bertz CT molecular complexity index is 1250. The van der Waals surface area contributed by atoms with Gasteiger partial charge in [0.1, 0.15) is 16.9 Å². The molecule has 1 aliphatic rings. The zero-order chi connectivity index (χ0) is 21.4. The van der Waals surface area contributed by atoms with Gasteiger partial charge >= 0.3 is 0 Å². The summed E-state index contributed by atoms with van der Waals surface area (Å²) in [7, 11) is 0. The second kappa shape index (κ2) is 8.41. The molecular weight excluding hydrogens is 460 g/mol. The molecule has 0 saturated carbocycles. The van der Waals surface area contributed by atoms with Crippen molar-refractivity contribution < 1.29 is 9.47 Å². The molecule has 0 bridgehead atoms. The Kier molecular flexibility index (Phi) is 5.47. The highest BCUT2D eigenvalue weighted by atomic mass is 79.9. The Balaban J connectivity index is 1.47. The number of anilines is 1. The second-order valence-corrected chi connectivity index (χ2v) is 8.43. The molecule has 4 heterocycles. The van der Waals surface area contributed by atoms with E-state index in [1.165, 1.54) is 5.56 Å². The summed E-state index contributed by atoms with van der Waals surface area (Å²) in [6.07, 6.45) is 3.61. The van der Waals surface area contributed by atoms with Crippen LogP contribution in [0.25, 0.3) is 27.7 Å². The van der Waals surface area contributed by atoms with Crippen molar-refractivity contribution in [3.63, 3.8) is 0 Å². The summed E-state index contributed by atoms with van der Waals surface area (Å²) in [4.78, 5) is 11.6. The van der Waals surface area contributed by atoms with Crippen molar-refractivity contribution in [1.29, 1.82) is 0 Å². The molecule has 0 unspecified atom stereocenters. The number of aromatic nitrogens is 4. The lowest BCUT2D eigenvalue weighted by Gasteiger charge is -2.26. The summed E-state index contributed by atoms with van der Waals surface area (Å²) < 4.78 is 13.6. The minimum atomic E-state index is 0.446. The first-order valence-electron chi connectivity index (χ1n) is 10.2. The number of rotatable bonds is 5. The molecule has 31 heavy (non-hydrogen) atoms. The predicted molar refractivity (Wildman–Crippen MR) is 123 cm³/mol. The van der Waals surface area contributed by atoms with Gasteiger partial charge in [0.2, 0.25) is 5.88 Å². The summed E-state index contributed by atoms with van der Waals surface area (Å²) in [6.45, 7) is 6.76. The Morgan fingerprint density at radius 3 is 2.87 bits per heavy atom. The first-order valence-corrected chi connectivity index (χ1v) is 11.0. The van der Waals surface area contributed by atoms with E-state index in [2.05, 4.69) is 56.0 Å². The molecule has 5 rings (SSSR count). The first kappa shape index (κ1) is 20.2. The van der Waals surface area contributed by atoms with Gasteiger partial charge in [0.15, 0.2) is 5.65 Å². The van der Waals surface area contributed by atoms with Crippen LogP contribution in [-0.4, -0.2) is 63.9 Å². The van der Waals surface area contributed by atoms with Gasteiger partial charge in [-0.2, -0.15) is 14.6 Å². The van der Waals surface area contributed by atoms with Crippen LogP contribution in [0.1, 0.15) is 5.56 Å². The molecule has 0 amide bonds. The Morgan fingerprint density at radius 1 is 1.19 bits per heavy atom. The Hall–Kier alpha value is -2.75. The molecule has 1 saturated heterocycles. The van der Waals surface area contributed by atoms with E-state index in [9.17, 15) is 0 Å². The number of aryl methyl sites for hydroxylation is 1. The quantitative estimate of drug-likeness (QED) is 0.466. The number of nitrogens with zero attached hydrogens (tertiary/aromatic N) is 5. The van der Waals surface area contributed by atoms with Gasteiger partial charge in [0.05, 0.1) is 24.9 Å². The van der Waals surface area contributed by atoms with Crippen LogP contribution in [-0.2, 0) is 4.74 Å². The normalized spacial score (nSPS) is 15.0. The zero-order valence-electron chi connectivity index (χ0n) is 17.2. The predicted octanol–water partition coefficient (Wildman–Crippen LogP) is 3.31. The Labute approximate surface area is 188 Å². The van der Waals surface area contributed by atoms with E-state index in [0.717, 1.165) is 54.9 Å². The molecule has 0 atom stereocenters. The van der Waals surface area contributed by atoms with Gasteiger partial charge in [-0.1, -0.05) is 11.6 Å². The highest BCUT2D eigenvalue weighted by molar-refractivity contribution is 9.10. The van der Waals surface area contributed by atoms with Crippen LogP contribution in [0.15, 0.2) is 41.1 Å². The lowest BCUT2D eigenvalue weighted by molar-refractivity contribution is 0.0319. The third-order valence-corrected chi connectivity index (χ3v) is 6.24. The molecule has 9 heteroatoms. The average Bonchev–Trinajstić information content (AvgIpc) is 3.21. The minimum absolute atomic E-state index is 0.446. The fraction of sp³-hybridized carbons (Fsp3) is 0.318. The summed E-state index contributed by atoms with van der Waals surface area (Å²) >= 11 is 3.51. The Morgan fingerprint density at radius 2 is 2.03 bits per heavy atom. The SMILES string of the molecule is Cc1ccc2ncc(-c3cnn4c(N)c(Br)c(OCCN5CCOCC5)nc34)cc2c1. The molecule has 1 aliphatic heterocycles. The molecular formula is C22H23BrN6O2. The second-order valence-electron chi connectivity index (χ2n) is 7.63. The van der Waals surface area contributed by atoms with Crippen molar-refractivity contribution in [2.45, 2.75) is 6.92 Å². The molecule has 1 fully saturated rings. The van der Waals surface area contributed by atoms with E-state index >= 15 is 0 Å². The highest BCUT2D eigenvalue weighted by Crippen LogP contribution is 2.34. The lowest BCUT2D eigenvalue weighted by atomic mass is 10.1. The summed E-state index contributed by atoms with van der Waals surface area (Å²) in [5.74, 6) is 0.909. The third kappa shape index (κ3) is 3.96. The van der Waals surface area contributed by atoms with Gasteiger partial charge in [-0.3, -0.25) is 9.88 Å². The number of benzene rings is 1. The molecule has 160 valence electrons. The molecule has 0 radical (unpaired) electrons. The van der Waals surface area contributed by atoms with Crippen LogP contribution in [0, 0.1) is 6.92 Å². The molecule has 8 nitrogen and oxygen atoms in total. The number of hydrogen-bond acceptors (Lipinski definition) is 7. The van der Waals surface area contributed by atoms with Gasteiger partial charge in [0, 0.05) is 42.3 Å². The first-order chi connectivity index (χ1) is 15.1. The van der Waals surface area contributed by atoms with Crippen LogP contribution >= 0.6 is 15.9 Å². The molecule has 3 aromatic heterocycles. The van der Waals surface area contributed by atoms with Crippen LogP contribution in [0.5, 0.6) is 5.88 Å². The number of morpholine rings is 1. The summed E-state index contributed by atoms with van der Waals surface area (Å²) in [6, 6.07) is 8.31. The highest BCUT2D eigenvalue weighted by Gasteiger charge is 2.18. The van der Waals surface area contributed by atoms with Crippen LogP contribution in [0.4, 0.5) is 5.82 Å². The topological polar surface area (TPSA) is 90.8 Å². The third-order valence-electron chi connectivity index (χ3n) is 5.49. The van der Waals surface area contributed by atoms with Gasteiger partial charge < -0.3 is 15.2 Å². The van der Waals surface area contributed by atoms with Crippen LogP contribution in [0.3, 0.4) is 0 Å². The molecule has 0 spiro atoms. The van der Waals surface area contributed by atoms with Gasteiger partial charge in [-0.05, 0) is 41.1 Å². The number of hydrogen-bond donors (Lipinski definition) is 1. The minimum Gasteiger partial charge on any atom is -0.475 e. The molecule has 0 aliphatic carbocycles. The van der Waals surface area contributed by atoms with Crippen molar-refractivity contribution in [2.24, 2.45) is 0 Å². The molecule has 2 N–H and O–H groups in total. The van der Waals surface area contributed by atoms with Crippen molar-refractivity contribution in [3.05, 3.63) is 46.7 Å². The monoisotopic (exact) mass is 482 g/mol. The fourth-order valence-electron chi connectivity index (χ4n) is 3.77. The lowest BCUT2D eigenvalue weighted by Crippen LogP contribution is -2.38. The van der Waals surface area contributed by atoms with Crippen molar-refractivity contribution in [3.8, 4) is 17.0 Å². The fourth-order valence-corrected chi connectivity index (χ4v) is 4.14. The van der Waals surface area contributed by atoms with E-state index < -0.39 is 0 Å². The smallest absolute Gasteiger partial charge is 0.233 e. The van der Waals surface area contributed by atoms with Gasteiger partial charge in [-0.15, -0.1) is 0 Å². The van der Waals surface area contributed by atoms with Gasteiger partial charge in [0.25, 0.3) is 0 Å². The number of halogens is 1. The standard InChI is InChI=1S/C22H23BrN6O2/c1-14-2-3-18-15(10-14)11-16(12-25-18)17-13-26-29-20(24)19(23)22(27-21(17)29)31-9-6-28-4-7-30-8-5-28/h2-3,10-13H,4-9,24H2,1H3. The maximum absolute atomic E-state index is 6.33. The van der Waals surface area contributed by atoms with E-state index in [4.69, 9.17) is 20.2 Å².